The minimum atomic E-state index is -0.965. The molecule has 0 amide bonds. The van der Waals surface area contributed by atoms with Gasteiger partial charge in [0.2, 0.25) is 5.95 Å². The van der Waals surface area contributed by atoms with Crippen LogP contribution in [0.5, 0.6) is 0 Å². The molecule has 0 bridgehead atoms. The lowest BCUT2D eigenvalue weighted by Gasteiger charge is -2.14. The molecule has 0 radical (unpaired) electrons. The van der Waals surface area contributed by atoms with Gasteiger partial charge < -0.3 is 15.7 Å². The number of halogens is 1. The number of hydrogen-bond acceptors (Lipinski definition) is 7. The third-order valence-corrected chi connectivity index (χ3v) is 5.11. The van der Waals surface area contributed by atoms with Crippen LogP contribution in [0.1, 0.15) is 30.0 Å². The Morgan fingerprint density at radius 3 is 2.93 bits per heavy atom. The fourth-order valence-electron chi connectivity index (χ4n) is 3.49. The van der Waals surface area contributed by atoms with Crippen molar-refractivity contribution in [2.75, 3.05) is 18.4 Å². The molecule has 1 aliphatic carbocycles. The molecule has 1 saturated carbocycles. The van der Waals surface area contributed by atoms with Crippen LogP contribution in [0, 0.1) is 0 Å². The van der Waals surface area contributed by atoms with Crippen LogP contribution in [0.3, 0.4) is 0 Å². The number of fused-ring (bicyclic) bond motifs is 1. The summed E-state index contributed by atoms with van der Waals surface area (Å²) in [5.74, 6) is 0.791. The second-order valence-electron chi connectivity index (χ2n) is 7.09. The Labute approximate surface area is 154 Å². The molecule has 8 nitrogen and oxygen atoms in total. The number of aromatic nitrogens is 5. The van der Waals surface area contributed by atoms with E-state index in [9.17, 15) is 9.50 Å². The molecule has 0 unspecified atom stereocenters. The molecule has 2 atom stereocenters. The Bertz CT molecular complexity index is 987. The number of aliphatic hydroxyl groups excluding tert-OH is 1. The van der Waals surface area contributed by atoms with Crippen LogP contribution in [0.15, 0.2) is 24.5 Å². The van der Waals surface area contributed by atoms with Crippen LogP contribution in [0.25, 0.3) is 17.0 Å². The Morgan fingerprint density at radius 2 is 2.19 bits per heavy atom. The topological polar surface area (TPSA) is 100 Å². The number of aliphatic hydroxyl groups is 1. The van der Waals surface area contributed by atoms with Crippen LogP contribution in [-0.2, 0) is 6.61 Å². The molecule has 0 aromatic carbocycles. The Balaban J connectivity index is 1.51. The zero-order valence-corrected chi connectivity index (χ0v) is 14.6. The van der Waals surface area contributed by atoms with E-state index in [1.54, 1.807) is 23.0 Å². The summed E-state index contributed by atoms with van der Waals surface area (Å²) in [6, 6.07) is 3.32. The van der Waals surface area contributed by atoms with E-state index in [0.717, 1.165) is 29.8 Å². The maximum absolute atomic E-state index is 13.8. The lowest BCUT2D eigenvalue weighted by atomic mass is 10.1. The lowest BCUT2D eigenvalue weighted by molar-refractivity contribution is 0.279. The molecule has 9 heteroatoms. The van der Waals surface area contributed by atoms with Crippen LogP contribution in [-0.4, -0.2) is 55.0 Å². The smallest absolute Gasteiger partial charge is 0.223 e. The second kappa shape index (κ2) is 6.50. The second-order valence-corrected chi connectivity index (χ2v) is 7.09. The van der Waals surface area contributed by atoms with E-state index in [-0.39, 0.29) is 12.6 Å². The van der Waals surface area contributed by atoms with Gasteiger partial charge in [-0.1, -0.05) is 0 Å². The van der Waals surface area contributed by atoms with Gasteiger partial charge >= 0.3 is 0 Å². The number of imidazole rings is 1. The fourth-order valence-corrected chi connectivity index (χ4v) is 3.49. The van der Waals surface area contributed by atoms with Crippen molar-refractivity contribution in [2.45, 2.75) is 37.6 Å². The van der Waals surface area contributed by atoms with E-state index in [1.807, 2.05) is 6.07 Å². The zero-order chi connectivity index (χ0) is 18.4. The predicted octanol–water partition coefficient (Wildman–Crippen LogP) is 1.28. The van der Waals surface area contributed by atoms with Gasteiger partial charge in [-0.15, -0.1) is 0 Å². The average Bonchev–Trinajstić information content (AvgIpc) is 3.34. The molecular weight excluding hydrogens is 349 g/mol. The highest BCUT2D eigenvalue weighted by Gasteiger charge is 2.29. The molecule has 3 aromatic rings. The molecule has 1 saturated heterocycles. The molecule has 3 N–H and O–H groups in total. The van der Waals surface area contributed by atoms with E-state index in [2.05, 4.69) is 25.6 Å². The van der Waals surface area contributed by atoms with E-state index < -0.39 is 6.17 Å². The molecular formula is C18H20FN7O. The molecule has 0 spiro atoms. The van der Waals surface area contributed by atoms with Crippen molar-refractivity contribution in [1.82, 2.24) is 29.9 Å². The maximum atomic E-state index is 13.8. The monoisotopic (exact) mass is 369 g/mol. The summed E-state index contributed by atoms with van der Waals surface area (Å²) in [7, 11) is 0. The van der Waals surface area contributed by atoms with Gasteiger partial charge in [-0.25, -0.2) is 23.9 Å². The van der Waals surface area contributed by atoms with Crippen LogP contribution >= 0.6 is 0 Å². The zero-order valence-electron chi connectivity index (χ0n) is 14.6. The number of alkyl halides is 1. The molecule has 27 heavy (non-hydrogen) atoms. The number of nitrogens with zero attached hydrogens (tertiary/aromatic N) is 5. The van der Waals surface area contributed by atoms with Crippen molar-refractivity contribution in [2.24, 2.45) is 0 Å². The summed E-state index contributed by atoms with van der Waals surface area (Å²) in [5, 5.41) is 20.4. The summed E-state index contributed by atoms with van der Waals surface area (Å²) < 4.78 is 15.6. The highest BCUT2D eigenvalue weighted by atomic mass is 19.1. The van der Waals surface area contributed by atoms with Crippen molar-refractivity contribution >= 4 is 11.6 Å². The van der Waals surface area contributed by atoms with E-state index in [1.165, 1.54) is 0 Å². The highest BCUT2D eigenvalue weighted by molar-refractivity contribution is 5.61. The van der Waals surface area contributed by atoms with Crippen molar-refractivity contribution in [3.63, 3.8) is 0 Å². The van der Waals surface area contributed by atoms with Crippen LogP contribution < -0.4 is 10.6 Å². The predicted molar refractivity (Wildman–Crippen MR) is 97.1 cm³/mol. The fraction of sp³-hybridized carbons (Fsp3) is 0.444. The lowest BCUT2D eigenvalue weighted by Crippen LogP contribution is -2.30. The van der Waals surface area contributed by atoms with Crippen LogP contribution in [0.2, 0.25) is 0 Å². The first-order valence-electron chi connectivity index (χ1n) is 9.16. The summed E-state index contributed by atoms with van der Waals surface area (Å²) in [4.78, 5) is 13.1. The van der Waals surface area contributed by atoms with Gasteiger partial charge in [-0.05, 0) is 25.0 Å². The first-order valence-corrected chi connectivity index (χ1v) is 9.16. The summed E-state index contributed by atoms with van der Waals surface area (Å²) in [5.41, 5.74) is 3.81. The Kier molecular flexibility index (Phi) is 3.98. The molecule has 1 aliphatic heterocycles. The summed E-state index contributed by atoms with van der Waals surface area (Å²) in [6.07, 6.45) is 4.58. The highest BCUT2D eigenvalue weighted by Crippen LogP contribution is 2.40. The van der Waals surface area contributed by atoms with Gasteiger partial charge in [0.1, 0.15) is 11.9 Å². The first kappa shape index (κ1) is 16.5. The number of nitrogens with one attached hydrogen (secondary N) is 2. The molecule has 4 heterocycles. The molecule has 2 fully saturated rings. The third-order valence-electron chi connectivity index (χ3n) is 5.11. The molecule has 3 aromatic heterocycles. The first-order chi connectivity index (χ1) is 13.2. The van der Waals surface area contributed by atoms with Crippen molar-refractivity contribution in [1.29, 1.82) is 0 Å². The number of hydrogen-bond donors (Lipinski definition) is 3. The SMILES string of the molecule is OCc1cc2ncc(-c3ccnc(N[C@H]4CNC[C@@H]4F)n3)n2nc1C1CC1. The van der Waals surface area contributed by atoms with E-state index in [4.69, 9.17) is 5.10 Å². The normalized spacial score (nSPS) is 22.4. The molecule has 5 rings (SSSR count). The quantitative estimate of drug-likeness (QED) is 0.623. The van der Waals surface area contributed by atoms with E-state index in [0.29, 0.717) is 36.3 Å². The van der Waals surface area contributed by atoms with Crippen molar-refractivity contribution < 1.29 is 9.50 Å². The van der Waals surface area contributed by atoms with Gasteiger partial charge in [0.25, 0.3) is 0 Å². The minimum Gasteiger partial charge on any atom is -0.392 e. The third kappa shape index (κ3) is 3.02. The standard InChI is InChI=1S/C18H20FN7O/c19-12-6-20-7-14(12)24-18-21-4-3-13(23-18)15-8-22-16-5-11(9-27)17(10-1-2-10)25-26(15)16/h3-5,8,10,12,14,20,27H,1-2,6-7,9H2,(H,21,23,24)/t12-,14-/m0/s1. The Morgan fingerprint density at radius 1 is 1.30 bits per heavy atom. The molecule has 2 aliphatic rings. The average molecular weight is 369 g/mol. The van der Waals surface area contributed by atoms with Gasteiger partial charge in [-0.2, -0.15) is 5.10 Å². The van der Waals surface area contributed by atoms with Crippen molar-refractivity contribution in [3.05, 3.63) is 35.8 Å². The minimum absolute atomic E-state index is 0.0427. The summed E-state index contributed by atoms with van der Waals surface area (Å²) >= 11 is 0. The summed E-state index contributed by atoms with van der Waals surface area (Å²) in [6.45, 7) is 0.838. The Hall–Kier alpha value is -2.65. The number of rotatable bonds is 5. The van der Waals surface area contributed by atoms with Gasteiger partial charge in [-0.3, -0.25) is 0 Å². The van der Waals surface area contributed by atoms with Gasteiger partial charge in [0.05, 0.1) is 30.2 Å². The largest absolute Gasteiger partial charge is 0.392 e. The van der Waals surface area contributed by atoms with Crippen molar-refractivity contribution in [3.8, 4) is 11.4 Å². The number of anilines is 1. The van der Waals surface area contributed by atoms with Gasteiger partial charge in [0, 0.05) is 30.8 Å². The molecule has 140 valence electrons. The maximum Gasteiger partial charge on any atom is 0.223 e. The van der Waals surface area contributed by atoms with Gasteiger partial charge in [0.15, 0.2) is 5.65 Å². The van der Waals surface area contributed by atoms with E-state index >= 15 is 0 Å². The van der Waals surface area contributed by atoms with Crippen LogP contribution in [0.4, 0.5) is 10.3 Å².